The van der Waals surface area contributed by atoms with Crippen LogP contribution in [0.25, 0.3) is 0 Å². The van der Waals surface area contributed by atoms with Gasteiger partial charge in [0.1, 0.15) is 0 Å². The third kappa shape index (κ3) is 3.48. The average Bonchev–Trinajstić information content (AvgIpc) is 2.49. The van der Waals surface area contributed by atoms with Gasteiger partial charge in [-0.05, 0) is 28.1 Å². The molecule has 1 aromatic heterocycles. The van der Waals surface area contributed by atoms with Gasteiger partial charge in [0.15, 0.2) is 0 Å². The smallest absolute Gasteiger partial charge is 0.0701 e. The van der Waals surface area contributed by atoms with Crippen LogP contribution in [0.3, 0.4) is 0 Å². The van der Waals surface area contributed by atoms with Crippen molar-refractivity contribution in [1.82, 2.24) is 4.90 Å². The fourth-order valence-electron chi connectivity index (χ4n) is 2.07. The first kappa shape index (κ1) is 12.0. The summed E-state index contributed by atoms with van der Waals surface area (Å²) in [5.41, 5.74) is 0. The van der Waals surface area contributed by atoms with Gasteiger partial charge in [-0.25, -0.2) is 0 Å². The van der Waals surface area contributed by atoms with Crippen LogP contribution in [-0.4, -0.2) is 28.5 Å². The number of nitrogens with zero attached hydrogens (tertiary/aromatic N) is 1. The highest BCUT2D eigenvalue weighted by Gasteiger charge is 2.22. The molecular weight excluding hydrogens is 290 g/mol. The van der Waals surface area contributed by atoms with Crippen LogP contribution in [0.4, 0.5) is 0 Å². The minimum atomic E-state index is 0.775. The summed E-state index contributed by atoms with van der Waals surface area (Å²) >= 11 is 7.48. The minimum absolute atomic E-state index is 0.775. The van der Waals surface area contributed by atoms with Gasteiger partial charge in [-0.15, -0.1) is 11.3 Å². The molecule has 2 atom stereocenters. The highest BCUT2D eigenvalue weighted by atomic mass is 79.9. The molecule has 1 saturated heterocycles. The first-order valence-electron chi connectivity index (χ1n) is 5.25. The van der Waals surface area contributed by atoms with E-state index in [2.05, 4.69) is 58.6 Å². The first-order valence-corrected chi connectivity index (χ1v) is 7.81. The van der Waals surface area contributed by atoms with Gasteiger partial charge in [0, 0.05) is 35.0 Å². The molecule has 0 saturated carbocycles. The van der Waals surface area contributed by atoms with E-state index < -0.39 is 0 Å². The largest absolute Gasteiger partial charge is 0.296 e. The highest BCUT2D eigenvalue weighted by molar-refractivity contribution is 9.11. The molecule has 0 radical (unpaired) electrons. The number of hydrogen-bond acceptors (Lipinski definition) is 3. The van der Waals surface area contributed by atoms with Gasteiger partial charge in [-0.1, -0.05) is 13.8 Å². The Morgan fingerprint density at radius 1 is 1.33 bits per heavy atom. The fraction of sp³-hybridized carbons (Fsp3) is 0.636. The lowest BCUT2D eigenvalue weighted by molar-refractivity contribution is 0.265. The maximum absolute atomic E-state index is 3.52. The van der Waals surface area contributed by atoms with E-state index in [4.69, 9.17) is 0 Å². The number of thioether (sulfide) groups is 1. The zero-order valence-electron chi connectivity index (χ0n) is 9.07. The number of rotatable bonds is 2. The lowest BCUT2D eigenvalue weighted by atomic mass is 10.3. The van der Waals surface area contributed by atoms with E-state index in [0.717, 1.165) is 17.0 Å². The maximum Gasteiger partial charge on any atom is 0.0701 e. The molecule has 2 heterocycles. The summed E-state index contributed by atoms with van der Waals surface area (Å²) in [6.45, 7) is 8.23. The van der Waals surface area contributed by atoms with E-state index in [0.29, 0.717) is 0 Å². The molecule has 0 spiro atoms. The molecule has 0 aromatic carbocycles. The third-order valence-corrected chi connectivity index (χ3v) is 5.34. The Kier molecular flexibility index (Phi) is 4.16. The molecule has 1 aliphatic heterocycles. The Labute approximate surface area is 108 Å². The molecule has 0 bridgehead atoms. The Morgan fingerprint density at radius 2 is 2.00 bits per heavy atom. The van der Waals surface area contributed by atoms with Crippen LogP contribution >= 0.6 is 39.0 Å². The molecule has 1 aliphatic rings. The van der Waals surface area contributed by atoms with E-state index in [1.165, 1.54) is 21.8 Å². The molecule has 0 N–H and O–H groups in total. The molecular formula is C11H16BrNS2. The number of hydrogen-bond donors (Lipinski definition) is 0. The van der Waals surface area contributed by atoms with Crippen LogP contribution in [0.15, 0.2) is 15.9 Å². The molecule has 2 unspecified atom stereocenters. The summed E-state index contributed by atoms with van der Waals surface area (Å²) in [4.78, 5) is 4.04. The molecule has 4 heteroatoms. The van der Waals surface area contributed by atoms with Crippen molar-refractivity contribution in [1.29, 1.82) is 0 Å². The van der Waals surface area contributed by atoms with Gasteiger partial charge in [-0.2, -0.15) is 11.8 Å². The zero-order chi connectivity index (χ0) is 10.8. The van der Waals surface area contributed by atoms with Crippen LogP contribution < -0.4 is 0 Å². The van der Waals surface area contributed by atoms with Gasteiger partial charge in [0.2, 0.25) is 0 Å². The van der Waals surface area contributed by atoms with Crippen molar-refractivity contribution in [3.8, 4) is 0 Å². The second-order valence-electron chi connectivity index (χ2n) is 4.16. The maximum atomic E-state index is 3.52. The van der Waals surface area contributed by atoms with Crippen molar-refractivity contribution in [2.45, 2.75) is 30.9 Å². The monoisotopic (exact) mass is 305 g/mol. The predicted molar refractivity (Wildman–Crippen MR) is 73.8 cm³/mol. The van der Waals surface area contributed by atoms with E-state index >= 15 is 0 Å². The van der Waals surface area contributed by atoms with Crippen molar-refractivity contribution in [2.75, 3.05) is 13.1 Å². The fourth-order valence-corrected chi connectivity index (χ4v) is 4.98. The summed E-state index contributed by atoms with van der Waals surface area (Å²) in [6.07, 6.45) is 0. The van der Waals surface area contributed by atoms with Gasteiger partial charge < -0.3 is 0 Å². The van der Waals surface area contributed by atoms with Crippen molar-refractivity contribution in [3.63, 3.8) is 0 Å². The van der Waals surface area contributed by atoms with Crippen molar-refractivity contribution in [2.24, 2.45) is 0 Å². The standard InChI is InChI=1S/C11H16BrNS2/c1-8-5-13(6-9(2)14-8)7-10-3-4-11(12)15-10/h3-4,8-9H,5-7H2,1-2H3. The first-order chi connectivity index (χ1) is 7.13. The number of halogens is 1. The van der Waals surface area contributed by atoms with Crippen LogP contribution in [0.1, 0.15) is 18.7 Å². The van der Waals surface area contributed by atoms with Crippen LogP contribution in [0, 0.1) is 0 Å². The lowest BCUT2D eigenvalue weighted by Gasteiger charge is -2.34. The lowest BCUT2D eigenvalue weighted by Crippen LogP contribution is -2.39. The summed E-state index contributed by atoms with van der Waals surface area (Å²) in [7, 11) is 0. The van der Waals surface area contributed by atoms with E-state index in [1.807, 2.05) is 11.3 Å². The molecule has 15 heavy (non-hydrogen) atoms. The SMILES string of the molecule is CC1CN(Cc2ccc(Br)s2)CC(C)S1. The van der Waals surface area contributed by atoms with Crippen molar-refractivity contribution >= 4 is 39.0 Å². The second kappa shape index (κ2) is 5.21. The molecule has 1 nitrogen and oxygen atoms in total. The van der Waals surface area contributed by atoms with Gasteiger partial charge in [-0.3, -0.25) is 4.90 Å². The Morgan fingerprint density at radius 3 is 2.53 bits per heavy atom. The minimum Gasteiger partial charge on any atom is -0.296 e. The molecule has 2 rings (SSSR count). The summed E-state index contributed by atoms with van der Waals surface area (Å²) in [5.74, 6) is 0. The van der Waals surface area contributed by atoms with Gasteiger partial charge in [0.25, 0.3) is 0 Å². The molecule has 0 aliphatic carbocycles. The third-order valence-electron chi connectivity index (χ3n) is 2.50. The predicted octanol–water partition coefficient (Wildman–Crippen LogP) is 3.84. The van der Waals surface area contributed by atoms with Crippen LogP contribution in [0.2, 0.25) is 0 Å². The summed E-state index contributed by atoms with van der Waals surface area (Å²) in [5, 5.41) is 1.55. The second-order valence-corrected chi connectivity index (χ2v) is 8.59. The van der Waals surface area contributed by atoms with E-state index in [9.17, 15) is 0 Å². The van der Waals surface area contributed by atoms with Crippen LogP contribution in [0.5, 0.6) is 0 Å². The zero-order valence-corrected chi connectivity index (χ0v) is 12.3. The molecule has 1 fully saturated rings. The summed E-state index contributed by atoms with van der Waals surface area (Å²) in [6, 6.07) is 4.37. The van der Waals surface area contributed by atoms with E-state index in [1.54, 1.807) is 0 Å². The molecule has 0 amide bonds. The van der Waals surface area contributed by atoms with E-state index in [-0.39, 0.29) is 0 Å². The highest BCUT2D eigenvalue weighted by Crippen LogP contribution is 2.28. The van der Waals surface area contributed by atoms with Crippen molar-refractivity contribution < 1.29 is 0 Å². The van der Waals surface area contributed by atoms with Crippen LogP contribution in [-0.2, 0) is 6.54 Å². The Hall–Kier alpha value is 0.490. The Balaban J connectivity index is 1.94. The average molecular weight is 306 g/mol. The summed E-state index contributed by atoms with van der Waals surface area (Å²) < 4.78 is 1.24. The van der Waals surface area contributed by atoms with Crippen molar-refractivity contribution in [3.05, 3.63) is 20.8 Å². The number of thiophene rings is 1. The quantitative estimate of drug-likeness (QED) is 0.817. The van der Waals surface area contributed by atoms with Gasteiger partial charge in [0.05, 0.1) is 3.79 Å². The molecule has 84 valence electrons. The Bertz CT molecular complexity index is 316. The topological polar surface area (TPSA) is 3.24 Å². The normalized spacial score (nSPS) is 28.2. The van der Waals surface area contributed by atoms with Gasteiger partial charge >= 0.3 is 0 Å². The molecule has 1 aromatic rings.